The third-order valence-corrected chi connectivity index (χ3v) is 5.88. The van der Waals surface area contributed by atoms with Crippen molar-refractivity contribution in [2.75, 3.05) is 19.6 Å². The fraction of sp³-hybridized carbons (Fsp3) is 0.769. The van der Waals surface area contributed by atoms with E-state index in [0.717, 1.165) is 0 Å². The van der Waals surface area contributed by atoms with E-state index in [-0.39, 0.29) is 12.4 Å². The molecule has 2 heteroatoms. The maximum absolute atomic E-state index is 2.30. The standard InChI is InChI=1S/C26H47N.ClH/c1-3-5-7-9-11-12-14-19-24-27(23-18-13-10-8-6-4-2)25-22-26-20-16-15-17-21-26;/h15-17,20-21H,3-14,18-19,22-25H2,1-2H3;1H. The van der Waals surface area contributed by atoms with Gasteiger partial charge in [-0.2, -0.15) is 0 Å². The average Bonchev–Trinajstić information content (AvgIpc) is 2.70. The van der Waals surface area contributed by atoms with Gasteiger partial charge < -0.3 is 17.3 Å². The Labute approximate surface area is 183 Å². The predicted molar refractivity (Wildman–Crippen MR) is 122 cm³/mol. The van der Waals surface area contributed by atoms with E-state index in [0.29, 0.717) is 0 Å². The summed E-state index contributed by atoms with van der Waals surface area (Å²) in [5, 5.41) is 0. The zero-order chi connectivity index (χ0) is 19.4. The van der Waals surface area contributed by atoms with Crippen LogP contribution in [0.4, 0.5) is 0 Å². The third-order valence-electron chi connectivity index (χ3n) is 5.88. The van der Waals surface area contributed by atoms with E-state index in [9.17, 15) is 0 Å². The molecule has 0 saturated carbocycles. The smallest absolute Gasteiger partial charge is 0.0811 e. The van der Waals surface area contributed by atoms with Gasteiger partial charge in [-0.1, -0.05) is 108 Å². The van der Waals surface area contributed by atoms with Crippen molar-refractivity contribution < 1.29 is 17.3 Å². The highest BCUT2D eigenvalue weighted by Crippen LogP contribution is 2.08. The van der Waals surface area contributed by atoms with Crippen molar-refractivity contribution in [1.29, 1.82) is 0 Å². The van der Waals surface area contributed by atoms with Gasteiger partial charge in [0.25, 0.3) is 0 Å². The Hall–Kier alpha value is -0.530. The van der Waals surface area contributed by atoms with Crippen molar-refractivity contribution >= 4 is 0 Å². The first-order valence-corrected chi connectivity index (χ1v) is 12.2. The highest BCUT2D eigenvalue weighted by atomic mass is 35.5. The van der Waals surface area contributed by atoms with Crippen molar-refractivity contribution in [1.82, 2.24) is 0 Å². The molecule has 28 heavy (non-hydrogen) atoms. The lowest BCUT2D eigenvalue weighted by Crippen LogP contribution is -3.12. The zero-order valence-electron chi connectivity index (χ0n) is 19.0. The summed E-state index contributed by atoms with van der Waals surface area (Å²) in [6.45, 7) is 8.69. The summed E-state index contributed by atoms with van der Waals surface area (Å²) >= 11 is 0. The maximum Gasteiger partial charge on any atom is 0.0811 e. The van der Waals surface area contributed by atoms with Crippen LogP contribution in [-0.4, -0.2) is 19.6 Å². The molecule has 1 aromatic carbocycles. The maximum atomic E-state index is 2.30. The summed E-state index contributed by atoms with van der Waals surface area (Å²) in [5.41, 5.74) is 1.51. The van der Waals surface area contributed by atoms with E-state index in [1.165, 1.54) is 122 Å². The molecule has 164 valence electrons. The van der Waals surface area contributed by atoms with Gasteiger partial charge >= 0.3 is 0 Å². The van der Waals surface area contributed by atoms with Crippen LogP contribution in [0.2, 0.25) is 0 Å². The molecule has 0 aliphatic carbocycles. The second kappa shape index (κ2) is 21.2. The number of halogens is 1. The van der Waals surface area contributed by atoms with Crippen molar-refractivity contribution in [3.05, 3.63) is 35.9 Å². The number of quaternary nitrogens is 1. The number of benzene rings is 1. The highest BCUT2D eigenvalue weighted by molar-refractivity contribution is 5.14. The molecule has 0 amide bonds. The van der Waals surface area contributed by atoms with E-state index in [1.54, 1.807) is 0 Å². The Morgan fingerprint density at radius 2 is 0.964 bits per heavy atom. The van der Waals surface area contributed by atoms with Gasteiger partial charge in [-0.25, -0.2) is 0 Å². The summed E-state index contributed by atoms with van der Waals surface area (Å²) in [6.07, 6.45) is 21.2. The molecular formula is C26H48ClN. The molecule has 1 N–H and O–H groups in total. The van der Waals surface area contributed by atoms with E-state index in [4.69, 9.17) is 0 Å². The molecular weight excluding hydrogens is 362 g/mol. The number of hydrogen-bond acceptors (Lipinski definition) is 0. The van der Waals surface area contributed by atoms with Crippen molar-refractivity contribution in [3.63, 3.8) is 0 Å². The number of unbranched alkanes of at least 4 members (excludes halogenated alkanes) is 12. The van der Waals surface area contributed by atoms with Gasteiger partial charge in [-0.05, 0) is 31.2 Å². The van der Waals surface area contributed by atoms with Gasteiger partial charge in [0, 0.05) is 6.42 Å². The van der Waals surface area contributed by atoms with E-state index in [1.807, 2.05) is 4.90 Å². The van der Waals surface area contributed by atoms with Crippen LogP contribution >= 0.6 is 0 Å². The van der Waals surface area contributed by atoms with Gasteiger partial charge in [0.15, 0.2) is 0 Å². The van der Waals surface area contributed by atoms with Crippen LogP contribution in [0.3, 0.4) is 0 Å². The first-order chi connectivity index (χ1) is 13.4. The van der Waals surface area contributed by atoms with Crippen molar-refractivity contribution in [3.8, 4) is 0 Å². The Balaban J connectivity index is 0.00000729. The van der Waals surface area contributed by atoms with Crippen LogP contribution in [0.5, 0.6) is 0 Å². The third kappa shape index (κ3) is 16.4. The van der Waals surface area contributed by atoms with Crippen LogP contribution in [0.15, 0.2) is 30.3 Å². The molecule has 1 aromatic rings. The average molecular weight is 410 g/mol. The molecule has 0 radical (unpaired) electrons. The molecule has 0 heterocycles. The molecule has 1 unspecified atom stereocenters. The molecule has 1 nitrogen and oxygen atoms in total. The molecule has 0 saturated heterocycles. The Morgan fingerprint density at radius 1 is 0.536 bits per heavy atom. The van der Waals surface area contributed by atoms with Crippen molar-refractivity contribution in [2.45, 2.75) is 110 Å². The summed E-state index contributed by atoms with van der Waals surface area (Å²) in [7, 11) is 0. The first-order valence-electron chi connectivity index (χ1n) is 12.2. The van der Waals surface area contributed by atoms with Gasteiger partial charge in [0.2, 0.25) is 0 Å². The monoisotopic (exact) mass is 409 g/mol. The zero-order valence-corrected chi connectivity index (χ0v) is 19.7. The van der Waals surface area contributed by atoms with Crippen LogP contribution < -0.4 is 17.3 Å². The van der Waals surface area contributed by atoms with Crippen molar-refractivity contribution in [2.24, 2.45) is 0 Å². The van der Waals surface area contributed by atoms with Crippen LogP contribution in [0.1, 0.15) is 109 Å². The van der Waals surface area contributed by atoms with Crippen LogP contribution in [-0.2, 0) is 6.42 Å². The van der Waals surface area contributed by atoms with Crippen LogP contribution in [0.25, 0.3) is 0 Å². The largest absolute Gasteiger partial charge is 1.00 e. The second-order valence-electron chi connectivity index (χ2n) is 8.48. The van der Waals surface area contributed by atoms with E-state index < -0.39 is 0 Å². The van der Waals surface area contributed by atoms with E-state index in [2.05, 4.69) is 44.2 Å². The van der Waals surface area contributed by atoms with Gasteiger partial charge in [-0.15, -0.1) is 0 Å². The van der Waals surface area contributed by atoms with Gasteiger partial charge in [0.05, 0.1) is 19.6 Å². The minimum absolute atomic E-state index is 0. The fourth-order valence-corrected chi connectivity index (χ4v) is 4.01. The summed E-state index contributed by atoms with van der Waals surface area (Å²) in [4.78, 5) is 1.85. The minimum atomic E-state index is 0. The lowest BCUT2D eigenvalue weighted by Gasteiger charge is -2.20. The van der Waals surface area contributed by atoms with Gasteiger partial charge in [0.1, 0.15) is 0 Å². The highest BCUT2D eigenvalue weighted by Gasteiger charge is 2.08. The lowest BCUT2D eigenvalue weighted by molar-refractivity contribution is -0.900. The number of hydrogen-bond donors (Lipinski definition) is 1. The predicted octanol–water partition coefficient (Wildman–Crippen LogP) is 3.62. The normalized spacial score (nSPS) is 11.9. The topological polar surface area (TPSA) is 4.44 Å². The van der Waals surface area contributed by atoms with E-state index >= 15 is 0 Å². The first kappa shape index (κ1) is 27.5. The number of nitrogens with one attached hydrogen (secondary N) is 1. The molecule has 0 aliphatic rings. The Bertz CT molecular complexity index is 406. The fourth-order valence-electron chi connectivity index (χ4n) is 4.01. The molecule has 0 aromatic heterocycles. The summed E-state index contributed by atoms with van der Waals surface area (Å²) in [5.74, 6) is 0. The quantitative estimate of drug-likeness (QED) is 0.333. The Morgan fingerprint density at radius 3 is 1.43 bits per heavy atom. The molecule has 0 fully saturated rings. The molecule has 1 rings (SSSR count). The summed E-state index contributed by atoms with van der Waals surface area (Å²) < 4.78 is 0. The lowest BCUT2D eigenvalue weighted by atomic mass is 10.1. The molecule has 0 aliphatic heterocycles. The minimum Gasteiger partial charge on any atom is -1.00 e. The Kier molecular flexibility index (Phi) is 20.8. The van der Waals surface area contributed by atoms with Gasteiger partial charge in [-0.3, -0.25) is 0 Å². The molecule has 0 spiro atoms. The SMILES string of the molecule is CCCCCCCCCC[NH+](CCCCCCCC)CCc1ccccc1.[Cl-]. The molecule has 1 atom stereocenters. The second-order valence-corrected chi connectivity index (χ2v) is 8.48. The summed E-state index contributed by atoms with van der Waals surface area (Å²) in [6, 6.07) is 11.1. The van der Waals surface area contributed by atoms with Crippen LogP contribution in [0, 0.1) is 0 Å². The number of rotatable bonds is 19. The molecule has 0 bridgehead atoms.